The van der Waals surface area contributed by atoms with Gasteiger partial charge in [-0.1, -0.05) is 6.07 Å². The van der Waals surface area contributed by atoms with Gasteiger partial charge in [0, 0.05) is 19.7 Å². The van der Waals surface area contributed by atoms with Crippen LogP contribution in [-0.2, 0) is 11.3 Å². The molecule has 0 aliphatic carbocycles. The van der Waals surface area contributed by atoms with E-state index in [0.717, 1.165) is 29.6 Å². The minimum Gasteiger partial charge on any atom is -0.493 e. The van der Waals surface area contributed by atoms with Crippen molar-refractivity contribution in [2.45, 2.75) is 33.4 Å². The molecule has 1 aromatic rings. The first-order valence-corrected chi connectivity index (χ1v) is 7.98. The third-order valence-electron chi connectivity index (χ3n) is 3.09. The maximum Gasteiger partial charge on any atom is 0.191 e. The minimum atomic E-state index is 0.188. The Bertz CT molecular complexity index is 492. The zero-order valence-corrected chi connectivity index (χ0v) is 14.8. The Morgan fingerprint density at radius 2 is 2.00 bits per heavy atom. The van der Waals surface area contributed by atoms with Gasteiger partial charge in [0.25, 0.3) is 0 Å². The molecule has 0 aromatic heterocycles. The normalized spacial score (nSPS) is 12.7. The summed E-state index contributed by atoms with van der Waals surface area (Å²) in [5.74, 6) is 2.25. The lowest BCUT2D eigenvalue weighted by Crippen LogP contribution is -2.43. The third kappa shape index (κ3) is 6.78. The van der Waals surface area contributed by atoms with Gasteiger partial charge in [0.05, 0.1) is 26.9 Å². The van der Waals surface area contributed by atoms with Gasteiger partial charge in [-0.15, -0.1) is 0 Å². The molecule has 23 heavy (non-hydrogen) atoms. The van der Waals surface area contributed by atoms with Gasteiger partial charge in [-0.25, -0.2) is 4.99 Å². The largest absolute Gasteiger partial charge is 0.493 e. The highest BCUT2D eigenvalue weighted by Crippen LogP contribution is 2.28. The standard InChI is InChI=1S/C17H29N3O3/c1-6-18-17(20-13(3)12-21-4)19-11-14-8-9-15(23-7-2)16(10-14)22-5/h8-10,13H,6-7,11-12H2,1-5H3,(H2,18,19,20). The number of rotatable bonds is 9. The first-order valence-electron chi connectivity index (χ1n) is 7.98. The highest BCUT2D eigenvalue weighted by atomic mass is 16.5. The smallest absolute Gasteiger partial charge is 0.191 e. The Kier molecular flexibility index (Phi) is 8.90. The Labute approximate surface area is 139 Å². The summed E-state index contributed by atoms with van der Waals surface area (Å²) in [5, 5.41) is 6.54. The van der Waals surface area contributed by atoms with Gasteiger partial charge < -0.3 is 24.8 Å². The van der Waals surface area contributed by atoms with Crippen molar-refractivity contribution in [1.82, 2.24) is 10.6 Å². The SMILES string of the molecule is CCNC(=NCc1ccc(OCC)c(OC)c1)NC(C)COC. The van der Waals surface area contributed by atoms with Crippen LogP contribution in [0.5, 0.6) is 11.5 Å². The van der Waals surface area contributed by atoms with Crippen LogP contribution in [0.25, 0.3) is 0 Å². The molecular formula is C17H29N3O3. The second-order valence-electron chi connectivity index (χ2n) is 5.11. The van der Waals surface area contributed by atoms with E-state index in [1.807, 2.05) is 32.0 Å². The molecule has 0 aliphatic rings. The fraction of sp³-hybridized carbons (Fsp3) is 0.588. The summed E-state index contributed by atoms with van der Waals surface area (Å²) in [6.45, 7) is 8.64. The number of ether oxygens (including phenoxy) is 3. The summed E-state index contributed by atoms with van der Waals surface area (Å²) in [5.41, 5.74) is 1.06. The van der Waals surface area contributed by atoms with E-state index < -0.39 is 0 Å². The molecular weight excluding hydrogens is 294 g/mol. The summed E-state index contributed by atoms with van der Waals surface area (Å²) in [7, 11) is 3.33. The van der Waals surface area contributed by atoms with E-state index in [2.05, 4.69) is 22.5 Å². The molecule has 2 N–H and O–H groups in total. The Morgan fingerprint density at radius 3 is 2.61 bits per heavy atom. The fourth-order valence-electron chi connectivity index (χ4n) is 2.10. The lowest BCUT2D eigenvalue weighted by molar-refractivity contribution is 0.179. The van der Waals surface area contributed by atoms with Crippen LogP contribution in [0.15, 0.2) is 23.2 Å². The van der Waals surface area contributed by atoms with E-state index >= 15 is 0 Å². The van der Waals surface area contributed by atoms with Crippen molar-refractivity contribution in [1.29, 1.82) is 0 Å². The van der Waals surface area contributed by atoms with E-state index in [9.17, 15) is 0 Å². The average Bonchev–Trinajstić information content (AvgIpc) is 2.54. The van der Waals surface area contributed by atoms with E-state index in [4.69, 9.17) is 14.2 Å². The van der Waals surface area contributed by atoms with Crippen molar-refractivity contribution in [2.75, 3.05) is 34.0 Å². The molecule has 0 saturated heterocycles. The number of nitrogens with one attached hydrogen (secondary N) is 2. The highest BCUT2D eigenvalue weighted by molar-refractivity contribution is 5.80. The molecule has 0 saturated carbocycles. The summed E-state index contributed by atoms with van der Waals surface area (Å²) in [6, 6.07) is 6.06. The molecule has 0 amide bonds. The van der Waals surface area contributed by atoms with Crippen molar-refractivity contribution in [3.8, 4) is 11.5 Å². The number of nitrogens with zero attached hydrogens (tertiary/aromatic N) is 1. The second kappa shape index (κ2) is 10.7. The molecule has 0 aliphatic heterocycles. The van der Waals surface area contributed by atoms with Gasteiger partial charge in [0.15, 0.2) is 17.5 Å². The zero-order chi connectivity index (χ0) is 17.1. The first-order chi connectivity index (χ1) is 11.1. The van der Waals surface area contributed by atoms with E-state index in [-0.39, 0.29) is 6.04 Å². The average molecular weight is 323 g/mol. The number of methoxy groups -OCH3 is 2. The Hall–Kier alpha value is -1.95. The molecule has 6 nitrogen and oxygen atoms in total. The predicted molar refractivity (Wildman–Crippen MR) is 93.5 cm³/mol. The Morgan fingerprint density at radius 1 is 1.22 bits per heavy atom. The van der Waals surface area contributed by atoms with Crippen molar-refractivity contribution >= 4 is 5.96 Å². The number of benzene rings is 1. The third-order valence-corrected chi connectivity index (χ3v) is 3.09. The van der Waals surface area contributed by atoms with Crippen LogP contribution in [0.1, 0.15) is 26.3 Å². The molecule has 1 aromatic carbocycles. The van der Waals surface area contributed by atoms with E-state index in [1.165, 1.54) is 0 Å². The van der Waals surface area contributed by atoms with Gasteiger partial charge >= 0.3 is 0 Å². The maximum absolute atomic E-state index is 5.53. The lowest BCUT2D eigenvalue weighted by Gasteiger charge is -2.17. The van der Waals surface area contributed by atoms with Crippen LogP contribution >= 0.6 is 0 Å². The summed E-state index contributed by atoms with van der Waals surface area (Å²) in [4.78, 5) is 4.60. The van der Waals surface area contributed by atoms with Crippen molar-refractivity contribution < 1.29 is 14.2 Å². The van der Waals surface area contributed by atoms with Crippen LogP contribution < -0.4 is 20.1 Å². The second-order valence-corrected chi connectivity index (χ2v) is 5.11. The minimum absolute atomic E-state index is 0.188. The molecule has 1 atom stereocenters. The van der Waals surface area contributed by atoms with Gasteiger partial charge in [-0.2, -0.15) is 0 Å². The van der Waals surface area contributed by atoms with Gasteiger partial charge in [0.2, 0.25) is 0 Å². The van der Waals surface area contributed by atoms with Gasteiger partial charge in [0.1, 0.15) is 0 Å². The summed E-state index contributed by atoms with van der Waals surface area (Å²) < 4.78 is 16.0. The van der Waals surface area contributed by atoms with Crippen LogP contribution in [0.4, 0.5) is 0 Å². The van der Waals surface area contributed by atoms with Crippen LogP contribution in [-0.4, -0.2) is 46.0 Å². The molecule has 6 heteroatoms. The first kappa shape index (κ1) is 19.1. The monoisotopic (exact) mass is 323 g/mol. The quantitative estimate of drug-likeness (QED) is 0.539. The van der Waals surface area contributed by atoms with Crippen molar-refractivity contribution in [3.63, 3.8) is 0 Å². The molecule has 0 radical (unpaired) electrons. The van der Waals surface area contributed by atoms with E-state index in [0.29, 0.717) is 19.8 Å². The lowest BCUT2D eigenvalue weighted by atomic mass is 10.2. The molecule has 0 heterocycles. The van der Waals surface area contributed by atoms with Crippen LogP contribution in [0.3, 0.4) is 0 Å². The highest BCUT2D eigenvalue weighted by Gasteiger charge is 2.07. The maximum atomic E-state index is 5.53. The molecule has 130 valence electrons. The van der Waals surface area contributed by atoms with Crippen molar-refractivity contribution in [3.05, 3.63) is 23.8 Å². The summed E-state index contributed by atoms with van der Waals surface area (Å²) >= 11 is 0. The van der Waals surface area contributed by atoms with Gasteiger partial charge in [-0.3, -0.25) is 0 Å². The zero-order valence-electron chi connectivity index (χ0n) is 14.8. The predicted octanol–water partition coefficient (Wildman–Crippen LogP) is 2.18. The topological polar surface area (TPSA) is 64.1 Å². The number of hydrogen-bond donors (Lipinski definition) is 2. The van der Waals surface area contributed by atoms with Gasteiger partial charge in [-0.05, 0) is 38.5 Å². The molecule has 1 unspecified atom stereocenters. The molecule has 0 spiro atoms. The fourth-order valence-corrected chi connectivity index (χ4v) is 2.10. The Balaban J connectivity index is 2.78. The molecule has 0 bridgehead atoms. The number of aliphatic imine (C=N–C) groups is 1. The van der Waals surface area contributed by atoms with Crippen molar-refractivity contribution in [2.24, 2.45) is 4.99 Å². The number of guanidine groups is 1. The molecule has 1 rings (SSSR count). The summed E-state index contributed by atoms with van der Waals surface area (Å²) in [6.07, 6.45) is 0. The van der Waals surface area contributed by atoms with E-state index in [1.54, 1.807) is 14.2 Å². The molecule has 0 fully saturated rings. The number of hydrogen-bond acceptors (Lipinski definition) is 4. The van der Waals surface area contributed by atoms with Crippen LogP contribution in [0, 0.1) is 0 Å². The van der Waals surface area contributed by atoms with Crippen LogP contribution in [0.2, 0.25) is 0 Å².